The minimum atomic E-state index is -0.171. The minimum Gasteiger partial charge on any atom is -0.456 e. The summed E-state index contributed by atoms with van der Waals surface area (Å²) in [5.41, 5.74) is 4.11. The Labute approximate surface area is 184 Å². The molecule has 0 saturated carbocycles. The number of halogens is 1. The standard InChI is InChI=1S/C22H23ClN4O4/c23-15-11-16-21(26-22(24-16)31-18-12-30-17-5-8-29-20(17)18)25-19(15)13-1-3-14(4-2-13)27-6-9-28-10-7-27/h1-4,11,17-18,20H,5-10,12H2,(H,24,25,26)/t17?,18-,20?/m1/s1. The van der Waals surface area contributed by atoms with Crippen LogP contribution in [0.1, 0.15) is 6.42 Å². The first-order chi connectivity index (χ1) is 15.2. The summed E-state index contributed by atoms with van der Waals surface area (Å²) in [5, 5.41) is 0.560. The van der Waals surface area contributed by atoms with Gasteiger partial charge in [-0.1, -0.05) is 23.7 Å². The molecule has 2 aromatic heterocycles. The fourth-order valence-corrected chi connectivity index (χ4v) is 4.74. The monoisotopic (exact) mass is 442 g/mol. The average Bonchev–Trinajstić information content (AvgIpc) is 3.51. The molecule has 1 N–H and O–H groups in total. The van der Waals surface area contributed by atoms with Gasteiger partial charge in [0, 0.05) is 30.9 Å². The van der Waals surface area contributed by atoms with E-state index in [9.17, 15) is 0 Å². The molecule has 31 heavy (non-hydrogen) atoms. The summed E-state index contributed by atoms with van der Waals surface area (Å²) in [6, 6.07) is 10.5. The van der Waals surface area contributed by atoms with Crippen LogP contribution in [0.5, 0.6) is 6.01 Å². The van der Waals surface area contributed by atoms with Crippen LogP contribution in [0.15, 0.2) is 30.3 Å². The quantitative estimate of drug-likeness (QED) is 0.665. The van der Waals surface area contributed by atoms with Crippen molar-refractivity contribution in [3.8, 4) is 17.3 Å². The lowest BCUT2D eigenvalue weighted by Crippen LogP contribution is -2.36. The number of ether oxygens (including phenoxy) is 4. The van der Waals surface area contributed by atoms with Crippen molar-refractivity contribution < 1.29 is 18.9 Å². The number of imidazole rings is 1. The van der Waals surface area contributed by atoms with E-state index in [1.54, 1.807) is 0 Å². The van der Waals surface area contributed by atoms with E-state index in [1.807, 2.05) is 18.2 Å². The highest BCUT2D eigenvalue weighted by Crippen LogP contribution is 2.32. The van der Waals surface area contributed by atoms with Gasteiger partial charge in [0.15, 0.2) is 11.8 Å². The molecule has 6 rings (SSSR count). The van der Waals surface area contributed by atoms with Crippen LogP contribution >= 0.6 is 11.6 Å². The number of anilines is 1. The molecule has 9 heteroatoms. The van der Waals surface area contributed by atoms with Crippen molar-refractivity contribution in [3.63, 3.8) is 0 Å². The van der Waals surface area contributed by atoms with Gasteiger partial charge < -0.3 is 28.8 Å². The number of nitrogens with zero attached hydrogens (tertiary/aromatic N) is 3. The Hall–Kier alpha value is -2.39. The molecule has 0 spiro atoms. The van der Waals surface area contributed by atoms with Crippen LogP contribution in [0, 0.1) is 0 Å². The average molecular weight is 443 g/mol. The van der Waals surface area contributed by atoms with Crippen LogP contribution in [0.4, 0.5) is 5.69 Å². The van der Waals surface area contributed by atoms with Crippen molar-refractivity contribution in [1.82, 2.24) is 15.0 Å². The SMILES string of the molecule is Clc1cc2[nH]c(O[C@@H]3COC4CCOC43)nc2nc1-c1ccc(N2CCOCC2)cc1. The molecular weight excluding hydrogens is 420 g/mol. The summed E-state index contributed by atoms with van der Waals surface area (Å²) in [6.45, 7) is 4.53. The van der Waals surface area contributed by atoms with E-state index >= 15 is 0 Å². The van der Waals surface area contributed by atoms with Crippen molar-refractivity contribution >= 4 is 28.5 Å². The third-order valence-electron chi connectivity index (χ3n) is 6.11. The first kappa shape index (κ1) is 19.3. The molecule has 0 bridgehead atoms. The maximum absolute atomic E-state index is 6.56. The summed E-state index contributed by atoms with van der Waals surface area (Å²) in [6.07, 6.45) is 0.824. The summed E-state index contributed by atoms with van der Waals surface area (Å²) in [5.74, 6) is 0. The lowest BCUT2D eigenvalue weighted by atomic mass is 10.1. The van der Waals surface area contributed by atoms with E-state index in [4.69, 9.17) is 35.5 Å². The second kappa shape index (κ2) is 7.94. The fourth-order valence-electron chi connectivity index (χ4n) is 4.48. The number of aromatic amines is 1. The number of benzene rings is 1. The van der Waals surface area contributed by atoms with Gasteiger partial charge >= 0.3 is 0 Å². The lowest BCUT2D eigenvalue weighted by molar-refractivity contribution is 0.0273. The zero-order chi connectivity index (χ0) is 20.8. The number of H-pyrrole nitrogens is 1. The first-order valence-electron chi connectivity index (χ1n) is 10.6. The molecule has 0 aliphatic carbocycles. The van der Waals surface area contributed by atoms with Gasteiger partial charge in [-0.15, -0.1) is 0 Å². The molecule has 3 aliphatic heterocycles. The van der Waals surface area contributed by atoms with Crippen LogP contribution in [-0.2, 0) is 14.2 Å². The Balaban J connectivity index is 1.24. The van der Waals surface area contributed by atoms with Crippen molar-refractivity contribution in [2.45, 2.75) is 24.7 Å². The Morgan fingerprint density at radius 1 is 1.06 bits per heavy atom. The molecule has 2 unspecified atom stereocenters. The fraction of sp³-hybridized carbons (Fsp3) is 0.455. The summed E-state index contributed by atoms with van der Waals surface area (Å²) in [4.78, 5) is 14.7. The van der Waals surface area contributed by atoms with Crippen molar-refractivity contribution in [3.05, 3.63) is 35.4 Å². The van der Waals surface area contributed by atoms with Crippen LogP contribution in [0.25, 0.3) is 22.4 Å². The van der Waals surface area contributed by atoms with E-state index in [0.29, 0.717) is 35.6 Å². The number of rotatable bonds is 4. The smallest absolute Gasteiger partial charge is 0.296 e. The largest absolute Gasteiger partial charge is 0.456 e. The molecule has 3 saturated heterocycles. The second-order valence-electron chi connectivity index (χ2n) is 8.03. The topological polar surface area (TPSA) is 81.7 Å². The van der Waals surface area contributed by atoms with Gasteiger partial charge in [-0.05, 0) is 24.6 Å². The number of pyridine rings is 1. The zero-order valence-electron chi connectivity index (χ0n) is 16.9. The Morgan fingerprint density at radius 2 is 1.90 bits per heavy atom. The number of fused-ring (bicyclic) bond motifs is 2. The van der Waals surface area contributed by atoms with Crippen LogP contribution in [0.2, 0.25) is 5.02 Å². The molecule has 1 aromatic carbocycles. The van der Waals surface area contributed by atoms with Gasteiger partial charge in [0.05, 0.1) is 42.2 Å². The highest BCUT2D eigenvalue weighted by Gasteiger charge is 2.43. The Morgan fingerprint density at radius 3 is 2.74 bits per heavy atom. The van der Waals surface area contributed by atoms with Gasteiger partial charge in [0.1, 0.15) is 6.10 Å². The molecule has 3 fully saturated rings. The predicted molar refractivity (Wildman–Crippen MR) is 116 cm³/mol. The van der Waals surface area contributed by atoms with Crippen molar-refractivity contribution in [2.24, 2.45) is 0 Å². The molecule has 3 aromatic rings. The lowest BCUT2D eigenvalue weighted by Gasteiger charge is -2.28. The van der Waals surface area contributed by atoms with Crippen molar-refractivity contribution in [2.75, 3.05) is 44.4 Å². The third kappa shape index (κ3) is 3.63. The molecule has 8 nitrogen and oxygen atoms in total. The van der Waals surface area contributed by atoms with Gasteiger partial charge in [-0.3, -0.25) is 0 Å². The molecule has 0 radical (unpaired) electrons. The number of morpholine rings is 1. The first-order valence-corrected chi connectivity index (χ1v) is 11.0. The highest BCUT2D eigenvalue weighted by atomic mass is 35.5. The van der Waals surface area contributed by atoms with Gasteiger partial charge in [0.25, 0.3) is 6.01 Å². The van der Waals surface area contributed by atoms with Crippen molar-refractivity contribution in [1.29, 1.82) is 0 Å². The molecule has 3 atom stereocenters. The van der Waals surface area contributed by atoms with Gasteiger partial charge in [0.2, 0.25) is 0 Å². The molecular formula is C22H23ClN4O4. The maximum atomic E-state index is 6.56. The maximum Gasteiger partial charge on any atom is 0.296 e. The summed E-state index contributed by atoms with van der Waals surface area (Å²) in [7, 11) is 0. The van der Waals surface area contributed by atoms with E-state index in [-0.39, 0.29) is 18.3 Å². The minimum absolute atomic E-state index is 0.0368. The highest BCUT2D eigenvalue weighted by molar-refractivity contribution is 6.33. The number of nitrogens with one attached hydrogen (secondary N) is 1. The van der Waals surface area contributed by atoms with E-state index in [2.05, 4.69) is 27.0 Å². The van der Waals surface area contributed by atoms with Gasteiger partial charge in [-0.25, -0.2) is 4.98 Å². The van der Waals surface area contributed by atoms with E-state index < -0.39 is 0 Å². The normalized spacial score (nSPS) is 25.8. The van der Waals surface area contributed by atoms with Crippen LogP contribution < -0.4 is 9.64 Å². The zero-order valence-corrected chi connectivity index (χ0v) is 17.7. The summed E-state index contributed by atoms with van der Waals surface area (Å²) < 4.78 is 23.0. The molecule has 5 heterocycles. The molecule has 0 amide bonds. The number of aromatic nitrogens is 3. The van der Waals surface area contributed by atoms with E-state index in [1.165, 1.54) is 5.69 Å². The predicted octanol–water partition coefficient (Wildman–Crippen LogP) is 3.05. The van der Waals surface area contributed by atoms with Crippen LogP contribution in [-0.4, -0.2) is 72.8 Å². The van der Waals surface area contributed by atoms with Crippen LogP contribution in [0.3, 0.4) is 0 Å². The Kier molecular flexibility index (Phi) is 4.95. The Bertz CT molecular complexity index is 1080. The third-order valence-corrected chi connectivity index (χ3v) is 6.39. The number of hydrogen-bond donors (Lipinski definition) is 1. The van der Waals surface area contributed by atoms with Gasteiger partial charge in [-0.2, -0.15) is 4.98 Å². The second-order valence-corrected chi connectivity index (χ2v) is 8.44. The summed E-state index contributed by atoms with van der Waals surface area (Å²) >= 11 is 6.56. The van der Waals surface area contributed by atoms with E-state index in [0.717, 1.165) is 43.8 Å². The number of hydrogen-bond acceptors (Lipinski definition) is 7. The molecule has 162 valence electrons. The molecule has 3 aliphatic rings.